The molecule has 0 radical (unpaired) electrons. The van der Waals surface area contributed by atoms with Crippen molar-refractivity contribution in [1.29, 1.82) is 0 Å². The molecule has 4 aliphatic rings. The topological polar surface area (TPSA) is 120 Å². The highest BCUT2D eigenvalue weighted by atomic mass is 31.1. The summed E-state index contributed by atoms with van der Waals surface area (Å²) in [7, 11) is 3.92. The molecule has 4 aliphatic heterocycles. The molecule has 14 nitrogen and oxygen atoms in total. The van der Waals surface area contributed by atoms with Gasteiger partial charge in [-0.15, -0.1) is 0 Å². The minimum atomic E-state index is -2.53. The van der Waals surface area contributed by atoms with Gasteiger partial charge in [-0.1, -0.05) is 291 Å². The fourth-order valence-electron chi connectivity index (χ4n) is 13.8. The highest BCUT2D eigenvalue weighted by Gasteiger charge is 2.54. The molecule has 2 N–H and O–H groups in total. The number of para-hydroxylation sites is 4. The lowest BCUT2D eigenvalue weighted by Crippen LogP contribution is -3.11. The zero-order valence-corrected chi connectivity index (χ0v) is 72.3. The second kappa shape index (κ2) is 46.0. The van der Waals surface area contributed by atoms with Crippen LogP contribution in [0.4, 0.5) is 0 Å². The molecule has 0 unspecified atom stereocenters. The minimum absolute atomic E-state index is 0.647. The predicted molar refractivity (Wildman–Crippen MR) is 486 cm³/mol. The molecule has 20 heteroatoms. The molecule has 0 saturated carbocycles. The van der Waals surface area contributed by atoms with Gasteiger partial charge >= 0.3 is 13.9 Å². The molecule has 2 spiro atoms. The van der Waals surface area contributed by atoms with Crippen LogP contribution < -0.4 is 89.5 Å². The van der Waals surface area contributed by atoms with Gasteiger partial charge in [-0.25, -0.2) is 0 Å². The second-order valence-corrected chi connectivity index (χ2v) is 36.5. The number of hydrogen-bond donors (Lipinski definition) is 2. The van der Waals surface area contributed by atoms with Crippen LogP contribution in [0.15, 0.2) is 315 Å². The van der Waals surface area contributed by atoms with Crippen LogP contribution in [0.25, 0.3) is 0 Å². The molecule has 0 fully saturated rings. The van der Waals surface area contributed by atoms with Crippen molar-refractivity contribution in [3.05, 3.63) is 338 Å². The van der Waals surface area contributed by atoms with Crippen molar-refractivity contribution in [2.75, 3.05) is 94.1 Å². The molecule has 0 aromatic heterocycles. The lowest BCUT2D eigenvalue weighted by Gasteiger charge is -2.28. The average Bonchev–Trinajstić information content (AvgIpc) is 1.59. The van der Waals surface area contributed by atoms with Crippen LogP contribution in [-0.4, -0.2) is 108 Å². The Morgan fingerprint density at radius 2 is 0.379 bits per heavy atom. The third-order valence-corrected chi connectivity index (χ3v) is 30.2. The first-order valence-electron chi connectivity index (χ1n) is 40.4. The maximum Gasteiger partial charge on any atom is 0.777 e. The van der Waals surface area contributed by atoms with Crippen molar-refractivity contribution >= 4 is 88.0 Å². The number of fused-ring (bicyclic) bond motifs is 4. The van der Waals surface area contributed by atoms with Crippen molar-refractivity contribution < 1.29 is 66.0 Å². The van der Waals surface area contributed by atoms with Gasteiger partial charge in [0, 0.05) is 53.1 Å². The summed E-state index contributed by atoms with van der Waals surface area (Å²) in [6.45, 7) is 18.7. The molecule has 604 valence electrons. The van der Waals surface area contributed by atoms with Crippen LogP contribution in [0.3, 0.4) is 0 Å². The zero-order valence-electron chi connectivity index (χ0n) is 68.8. The van der Waals surface area contributed by atoms with E-state index in [4.69, 9.17) is 37.2 Å². The van der Waals surface area contributed by atoms with Crippen LogP contribution in [0.2, 0.25) is 0 Å². The lowest BCUT2D eigenvalue weighted by atomic mass is 10.1. The normalized spacial score (nSPS) is 13.0. The molecule has 0 saturated heterocycles. The summed E-state index contributed by atoms with van der Waals surface area (Å²) in [6, 6.07) is 110. The fourth-order valence-corrected chi connectivity index (χ4v) is 23.1. The Labute approximate surface area is 693 Å². The Hall–Kier alpha value is -9.35. The summed E-state index contributed by atoms with van der Waals surface area (Å²) in [5, 5.41) is 10.5. The molecule has 4 heterocycles. The monoisotopic (exact) mass is 1630 g/mol. The molecule has 12 aromatic carbocycles. The van der Waals surface area contributed by atoms with E-state index in [-0.39, 0.29) is 0 Å². The van der Waals surface area contributed by atoms with E-state index in [1.165, 1.54) is 81.7 Å². The quantitative estimate of drug-likeness (QED) is 0.0276. The van der Waals surface area contributed by atoms with E-state index in [1.807, 2.05) is 48.5 Å². The van der Waals surface area contributed by atoms with Gasteiger partial charge in [-0.05, 0) is 162 Å². The maximum absolute atomic E-state index is 6.58. The molecule has 0 bridgehead atoms. The van der Waals surface area contributed by atoms with Crippen LogP contribution in [0.1, 0.15) is 63.8 Å². The zero-order chi connectivity index (χ0) is 81.2. The third-order valence-electron chi connectivity index (χ3n) is 20.2. The average molecular weight is 1630 g/mol. The summed E-state index contributed by atoms with van der Waals surface area (Å²) in [5.41, 5.74) is 4.30. The van der Waals surface area contributed by atoms with Crippen molar-refractivity contribution in [1.82, 2.24) is 0 Å². The maximum atomic E-state index is 6.58. The van der Waals surface area contributed by atoms with Crippen molar-refractivity contribution in [2.24, 2.45) is 0 Å². The van der Waals surface area contributed by atoms with Gasteiger partial charge in [-0.3, -0.25) is 0 Å². The van der Waals surface area contributed by atoms with E-state index in [2.05, 4.69) is 327 Å². The van der Waals surface area contributed by atoms with E-state index in [0.29, 0.717) is 72.4 Å². The second-order valence-electron chi connectivity index (χ2n) is 27.7. The number of quaternary nitrogens is 2. The number of rotatable bonds is 28. The Morgan fingerprint density at radius 1 is 0.216 bits per heavy atom. The van der Waals surface area contributed by atoms with Gasteiger partial charge in [0.2, 0.25) is 0 Å². The summed E-state index contributed by atoms with van der Waals surface area (Å²) in [4.78, 5) is 3.36. The van der Waals surface area contributed by atoms with E-state index in [1.54, 1.807) is 38.2 Å². The summed E-state index contributed by atoms with van der Waals surface area (Å²) in [5.74, 6) is 5.37. The first kappa shape index (κ1) is 87.5. The van der Waals surface area contributed by atoms with Gasteiger partial charge in [0.1, 0.15) is 46.0 Å². The first-order chi connectivity index (χ1) is 57.0. The van der Waals surface area contributed by atoms with E-state index >= 15 is 0 Å². The van der Waals surface area contributed by atoms with Crippen LogP contribution in [0, 0.1) is 0 Å². The summed E-state index contributed by atoms with van der Waals surface area (Å²) < 4.78 is 70.6. The smallest absolute Gasteiger partial charge is 0.609 e. The highest BCUT2D eigenvalue weighted by molar-refractivity contribution is 7.73. The summed E-state index contributed by atoms with van der Waals surface area (Å²) >= 11 is 0. The Bertz CT molecular complexity index is 4060. The minimum Gasteiger partial charge on any atom is -0.609 e. The first-order valence-corrected chi connectivity index (χ1v) is 46.5. The van der Waals surface area contributed by atoms with Gasteiger partial charge in [0.05, 0.1) is 65.7 Å². The van der Waals surface area contributed by atoms with Crippen molar-refractivity contribution in [3.8, 4) is 46.0 Å². The van der Waals surface area contributed by atoms with E-state index < -0.39 is 45.6 Å². The number of benzene rings is 12. The third kappa shape index (κ3) is 24.0. The standard InChI is InChI=1S/2C38H30BO4P2.2C6H15N.2C4H10O2/c2*1-5-17-31(18-6-1)44(32-19-7-2-8-20-32)27-29-15-13-25-35-37(29)42-39(40-35)41-36-26-14-16-30(38(36)43-39)28-45(33-21-9-3-10-22-33)34-23-11-4-12-24-34;2*1-4-7(5-2)6-3;2*1-5-3-4-6-2/h2*1-26H,27-28H2;2*4-6H2,1-3H3;2*3-4H2,1-2H3/q2*-1;;;;/p+2. The largest absolute Gasteiger partial charge is 0.777 e. The molecule has 0 aliphatic carbocycles. The van der Waals surface area contributed by atoms with Gasteiger partial charge in [-0.2, -0.15) is 0 Å². The Balaban J connectivity index is 0.000000175. The van der Waals surface area contributed by atoms with E-state index in [9.17, 15) is 0 Å². The molecule has 116 heavy (non-hydrogen) atoms. The van der Waals surface area contributed by atoms with Gasteiger partial charge in [0.25, 0.3) is 0 Å². The molecule has 16 rings (SSSR count). The molecular formula is C96H112B2N2O12P4. The number of ether oxygens (including phenoxy) is 4. The van der Waals surface area contributed by atoms with Crippen LogP contribution in [-0.2, 0) is 43.6 Å². The number of methoxy groups -OCH3 is 4. The Kier molecular flexibility index (Phi) is 34.7. The fraction of sp³-hybridized carbons (Fsp3) is 0.250. The van der Waals surface area contributed by atoms with Gasteiger partial charge in [0.15, 0.2) is 0 Å². The SMILES string of the molecule is CC[NH+](CC)CC.CC[NH+](CC)CC.COCCOC.COCCOC.c1ccc(P(Cc2cccc3c2O[B-]2(O3)Oc3cccc(CP(c4ccccc4)c4ccccc4)c3O2)c2ccccc2)cc1.c1ccc(P(Cc2cccc3c2O[B-]2(O3)Oc3cccc(CP(c4ccccc4)c4ccccc4)c3O2)c2ccccc2)cc1. The Morgan fingerprint density at radius 3 is 0.517 bits per heavy atom. The molecule has 0 amide bonds. The van der Waals surface area contributed by atoms with Gasteiger partial charge < -0.3 is 66.0 Å². The molecule has 12 aromatic rings. The molecular weight excluding hydrogens is 1520 g/mol. The van der Waals surface area contributed by atoms with Crippen molar-refractivity contribution in [2.45, 2.75) is 66.2 Å². The van der Waals surface area contributed by atoms with Crippen LogP contribution >= 0.6 is 31.7 Å². The molecule has 0 atom stereocenters. The summed E-state index contributed by atoms with van der Waals surface area (Å²) in [6.07, 6.45) is 3.22. The lowest BCUT2D eigenvalue weighted by molar-refractivity contribution is -0.894. The predicted octanol–water partition coefficient (Wildman–Crippen LogP) is 15.7. The van der Waals surface area contributed by atoms with Crippen molar-refractivity contribution in [3.63, 3.8) is 0 Å². The van der Waals surface area contributed by atoms with Crippen LogP contribution in [0.5, 0.6) is 46.0 Å². The number of hydrogen-bond acceptors (Lipinski definition) is 12. The van der Waals surface area contributed by atoms with E-state index in [0.717, 1.165) is 46.9 Å². The highest BCUT2D eigenvalue weighted by Crippen LogP contribution is 2.55. The number of nitrogens with one attached hydrogen (secondary N) is 2.